The van der Waals surface area contributed by atoms with Crippen molar-refractivity contribution in [2.45, 2.75) is 53.0 Å². The number of aryl methyl sites for hydroxylation is 1. The van der Waals surface area contributed by atoms with Crippen LogP contribution in [0.5, 0.6) is 0 Å². The highest BCUT2D eigenvalue weighted by molar-refractivity contribution is 5.01. The van der Waals surface area contributed by atoms with Gasteiger partial charge in [0.15, 0.2) is 6.29 Å². The van der Waals surface area contributed by atoms with Gasteiger partial charge in [0.2, 0.25) is 0 Å². The van der Waals surface area contributed by atoms with Gasteiger partial charge in [-0.3, -0.25) is 0 Å². The van der Waals surface area contributed by atoms with Crippen molar-refractivity contribution >= 4 is 0 Å². The number of rotatable bonds is 10. The molecule has 0 fully saturated rings. The summed E-state index contributed by atoms with van der Waals surface area (Å²) in [5.74, 6) is 0.982. The monoisotopic (exact) mass is 269 g/mol. The van der Waals surface area contributed by atoms with Crippen LogP contribution in [0.4, 0.5) is 0 Å². The third kappa shape index (κ3) is 4.60. The molecule has 1 aromatic heterocycles. The first-order valence-electron chi connectivity index (χ1n) is 7.25. The van der Waals surface area contributed by atoms with Gasteiger partial charge in [0.1, 0.15) is 11.9 Å². The number of hydrogen-bond acceptors (Lipinski definition) is 4. The van der Waals surface area contributed by atoms with Crippen LogP contribution in [-0.4, -0.2) is 35.6 Å². The quantitative estimate of drug-likeness (QED) is 0.662. The van der Waals surface area contributed by atoms with Gasteiger partial charge in [-0.15, -0.1) is 0 Å². The summed E-state index contributed by atoms with van der Waals surface area (Å²) in [6, 6.07) is -0.0357. The lowest BCUT2D eigenvalue weighted by Gasteiger charge is -2.27. The normalized spacial score (nSPS) is 13.1. The average molecular weight is 269 g/mol. The van der Waals surface area contributed by atoms with Crippen molar-refractivity contribution in [1.82, 2.24) is 14.9 Å². The van der Waals surface area contributed by atoms with E-state index < -0.39 is 0 Å². The second-order valence-corrected chi connectivity index (χ2v) is 4.29. The van der Waals surface area contributed by atoms with Crippen LogP contribution >= 0.6 is 0 Å². The van der Waals surface area contributed by atoms with E-state index in [4.69, 9.17) is 9.47 Å². The SMILES string of the molecule is CCCn1ccnc1C(NCC)C(OCC)OCC. The van der Waals surface area contributed by atoms with E-state index in [1.54, 1.807) is 0 Å². The Morgan fingerprint density at radius 3 is 2.42 bits per heavy atom. The zero-order chi connectivity index (χ0) is 14.1. The molecule has 0 aliphatic carbocycles. The molecule has 0 saturated carbocycles. The van der Waals surface area contributed by atoms with Gasteiger partial charge in [-0.05, 0) is 26.8 Å². The summed E-state index contributed by atoms with van der Waals surface area (Å²) in [5.41, 5.74) is 0. The van der Waals surface area contributed by atoms with Gasteiger partial charge < -0.3 is 19.4 Å². The van der Waals surface area contributed by atoms with Crippen LogP contribution in [0.3, 0.4) is 0 Å². The van der Waals surface area contributed by atoms with Crippen LogP contribution in [-0.2, 0) is 16.0 Å². The molecule has 0 amide bonds. The molecular formula is C14H27N3O2. The summed E-state index contributed by atoms with van der Waals surface area (Å²) in [4.78, 5) is 4.48. The van der Waals surface area contributed by atoms with Crippen molar-refractivity contribution in [1.29, 1.82) is 0 Å². The molecule has 5 heteroatoms. The smallest absolute Gasteiger partial charge is 0.179 e. The summed E-state index contributed by atoms with van der Waals surface area (Å²) < 4.78 is 13.6. The Morgan fingerprint density at radius 2 is 1.89 bits per heavy atom. The van der Waals surface area contributed by atoms with Gasteiger partial charge >= 0.3 is 0 Å². The van der Waals surface area contributed by atoms with E-state index in [1.165, 1.54) is 0 Å². The van der Waals surface area contributed by atoms with E-state index in [1.807, 2.05) is 26.2 Å². The van der Waals surface area contributed by atoms with Crippen LogP contribution < -0.4 is 5.32 Å². The molecule has 1 aromatic rings. The molecule has 1 N–H and O–H groups in total. The van der Waals surface area contributed by atoms with Crippen LogP contribution in [0.2, 0.25) is 0 Å². The fourth-order valence-corrected chi connectivity index (χ4v) is 2.13. The maximum Gasteiger partial charge on any atom is 0.179 e. The Labute approximate surface area is 116 Å². The fourth-order valence-electron chi connectivity index (χ4n) is 2.13. The van der Waals surface area contributed by atoms with E-state index in [9.17, 15) is 0 Å². The largest absolute Gasteiger partial charge is 0.351 e. The van der Waals surface area contributed by atoms with Crippen molar-refractivity contribution in [2.24, 2.45) is 0 Å². The predicted molar refractivity (Wildman–Crippen MR) is 76.0 cm³/mol. The second-order valence-electron chi connectivity index (χ2n) is 4.29. The van der Waals surface area contributed by atoms with Gasteiger partial charge in [0.05, 0.1) is 0 Å². The van der Waals surface area contributed by atoms with Crippen LogP contribution in [0.25, 0.3) is 0 Å². The van der Waals surface area contributed by atoms with Crippen molar-refractivity contribution in [3.63, 3.8) is 0 Å². The van der Waals surface area contributed by atoms with Gasteiger partial charge in [-0.2, -0.15) is 0 Å². The predicted octanol–water partition coefficient (Wildman–Crippen LogP) is 2.34. The second kappa shape index (κ2) is 9.07. The molecule has 1 heterocycles. The van der Waals surface area contributed by atoms with Gasteiger partial charge in [-0.25, -0.2) is 4.98 Å². The van der Waals surface area contributed by atoms with Crippen LogP contribution in [0.15, 0.2) is 12.4 Å². The molecule has 0 saturated heterocycles. The molecule has 0 spiro atoms. The van der Waals surface area contributed by atoms with Gasteiger partial charge in [-0.1, -0.05) is 13.8 Å². The van der Waals surface area contributed by atoms with Crippen LogP contribution in [0.1, 0.15) is 46.0 Å². The molecule has 19 heavy (non-hydrogen) atoms. The lowest BCUT2D eigenvalue weighted by atomic mass is 10.2. The topological polar surface area (TPSA) is 48.3 Å². The Bertz CT molecular complexity index is 335. The standard InChI is InChI=1S/C14H27N3O2/c1-5-10-17-11-9-16-13(17)12(15-6-2)14(18-7-3)19-8-4/h9,11-12,14-15H,5-8,10H2,1-4H3. The number of imidazole rings is 1. The van der Waals surface area contributed by atoms with E-state index >= 15 is 0 Å². The molecule has 0 bridgehead atoms. The average Bonchev–Trinajstić information content (AvgIpc) is 2.84. The summed E-state index contributed by atoms with van der Waals surface area (Å²) in [7, 11) is 0. The molecule has 110 valence electrons. The number of likely N-dealkylation sites (N-methyl/N-ethyl adjacent to an activating group) is 1. The Hall–Kier alpha value is -0.910. The van der Waals surface area contributed by atoms with E-state index in [0.717, 1.165) is 25.3 Å². The van der Waals surface area contributed by atoms with E-state index in [2.05, 4.69) is 28.7 Å². The van der Waals surface area contributed by atoms with Crippen LogP contribution in [0, 0.1) is 0 Å². The number of hydrogen-bond donors (Lipinski definition) is 1. The third-order valence-corrected chi connectivity index (χ3v) is 2.85. The number of aromatic nitrogens is 2. The Morgan fingerprint density at radius 1 is 1.21 bits per heavy atom. The Kier molecular flexibility index (Phi) is 7.70. The van der Waals surface area contributed by atoms with E-state index in [0.29, 0.717) is 13.2 Å². The van der Waals surface area contributed by atoms with Gasteiger partial charge in [0, 0.05) is 32.2 Å². The van der Waals surface area contributed by atoms with Crippen molar-refractivity contribution in [3.05, 3.63) is 18.2 Å². The zero-order valence-electron chi connectivity index (χ0n) is 12.6. The molecule has 1 rings (SSSR count). The summed E-state index contributed by atoms with van der Waals surface area (Å²) in [6.45, 7) is 11.3. The number of nitrogens with one attached hydrogen (secondary N) is 1. The molecule has 1 unspecified atom stereocenters. The fraction of sp³-hybridized carbons (Fsp3) is 0.786. The molecule has 0 aromatic carbocycles. The summed E-state index contributed by atoms with van der Waals surface area (Å²) >= 11 is 0. The maximum absolute atomic E-state index is 5.72. The molecule has 0 aliphatic heterocycles. The molecule has 0 aliphatic rings. The first-order chi connectivity index (χ1) is 9.28. The highest BCUT2D eigenvalue weighted by Gasteiger charge is 2.27. The van der Waals surface area contributed by atoms with E-state index in [-0.39, 0.29) is 12.3 Å². The lowest BCUT2D eigenvalue weighted by molar-refractivity contribution is -0.156. The number of nitrogens with zero attached hydrogens (tertiary/aromatic N) is 2. The van der Waals surface area contributed by atoms with Crippen molar-refractivity contribution in [2.75, 3.05) is 19.8 Å². The minimum absolute atomic E-state index is 0.0357. The zero-order valence-corrected chi connectivity index (χ0v) is 12.6. The number of ether oxygens (including phenoxy) is 2. The van der Waals surface area contributed by atoms with Crippen molar-refractivity contribution < 1.29 is 9.47 Å². The molecule has 0 radical (unpaired) electrons. The minimum Gasteiger partial charge on any atom is -0.351 e. The third-order valence-electron chi connectivity index (χ3n) is 2.85. The molecule has 1 atom stereocenters. The first kappa shape index (κ1) is 16.1. The van der Waals surface area contributed by atoms with Crippen molar-refractivity contribution in [3.8, 4) is 0 Å². The molecular weight excluding hydrogens is 242 g/mol. The van der Waals surface area contributed by atoms with Gasteiger partial charge in [0.25, 0.3) is 0 Å². The lowest BCUT2D eigenvalue weighted by Crippen LogP contribution is -2.37. The summed E-state index contributed by atoms with van der Waals surface area (Å²) in [6.07, 6.45) is 4.63. The highest BCUT2D eigenvalue weighted by atomic mass is 16.7. The Balaban J connectivity index is 2.92. The first-order valence-corrected chi connectivity index (χ1v) is 7.25. The minimum atomic E-state index is -0.298. The molecule has 5 nitrogen and oxygen atoms in total. The summed E-state index contributed by atoms with van der Waals surface area (Å²) in [5, 5.41) is 3.42. The maximum atomic E-state index is 5.72. The highest BCUT2D eigenvalue weighted by Crippen LogP contribution is 2.19.